The van der Waals surface area contributed by atoms with Gasteiger partial charge < -0.3 is 14.2 Å². The van der Waals surface area contributed by atoms with Crippen molar-refractivity contribution in [1.82, 2.24) is 0 Å². The van der Waals surface area contributed by atoms with Gasteiger partial charge in [0.1, 0.15) is 13.2 Å². The summed E-state index contributed by atoms with van der Waals surface area (Å²) in [5.41, 5.74) is 0. The summed E-state index contributed by atoms with van der Waals surface area (Å²) in [5.74, 6) is -1.07. The Bertz CT molecular complexity index is 1300. The molecule has 1 atom stereocenters. The zero-order valence-electron chi connectivity index (χ0n) is 37.5. The Morgan fingerprint density at radius 2 is 0.695 bits per heavy atom. The second-order valence-electron chi connectivity index (χ2n) is 14.5. The van der Waals surface area contributed by atoms with Gasteiger partial charge in [0.25, 0.3) is 0 Å². The second kappa shape index (κ2) is 46.5. The molecule has 330 valence electrons. The maximum Gasteiger partial charge on any atom is 0.306 e. The van der Waals surface area contributed by atoms with E-state index in [0.717, 1.165) is 96.3 Å². The molecule has 0 amide bonds. The molecule has 0 radical (unpaired) electrons. The molecule has 0 aliphatic heterocycles. The number of rotatable bonds is 39. The van der Waals surface area contributed by atoms with E-state index in [1.165, 1.54) is 25.7 Å². The summed E-state index contributed by atoms with van der Waals surface area (Å²) in [4.78, 5) is 37.6. The van der Waals surface area contributed by atoms with E-state index in [1.54, 1.807) is 0 Å². The van der Waals surface area contributed by atoms with E-state index in [2.05, 4.69) is 130 Å². The first-order chi connectivity index (χ1) is 29.0. The van der Waals surface area contributed by atoms with Gasteiger partial charge in [0.15, 0.2) is 6.10 Å². The average molecular weight is 815 g/mol. The highest BCUT2D eigenvalue weighted by atomic mass is 16.6. The third kappa shape index (κ3) is 44.8. The molecule has 0 aromatic rings. The smallest absolute Gasteiger partial charge is 0.306 e. The summed E-state index contributed by atoms with van der Waals surface area (Å²) < 4.78 is 16.5. The Morgan fingerprint density at radius 1 is 0.356 bits per heavy atom. The molecular weight excluding hydrogens is 733 g/mol. The van der Waals surface area contributed by atoms with E-state index in [0.29, 0.717) is 19.3 Å². The van der Waals surface area contributed by atoms with Gasteiger partial charge in [-0.2, -0.15) is 0 Å². The standard InChI is InChI=1S/C53H82O6/c1-4-7-10-13-16-18-20-22-23-24-25-26-27-28-29-31-32-34-37-40-43-46-52(55)58-49-50(48-57-51(54)45-42-39-36-15-12-9-6-3)59-53(56)47-44-41-38-35-33-30-21-19-17-14-11-8-5-2/h7-8,10-11,16-19,22-23,25-26,28-30,32-34,38,41,50H,4-6,9,12-15,20-21,24,27,31,35-37,39-40,42-49H2,1-3H3/b10-7-,11-8-,18-16-,19-17-,23-22-,26-25-,29-28-,33-30-,34-32-,41-38-. The van der Waals surface area contributed by atoms with E-state index >= 15 is 0 Å². The molecule has 0 aromatic carbocycles. The highest BCUT2D eigenvalue weighted by Crippen LogP contribution is 2.11. The Morgan fingerprint density at radius 3 is 1.10 bits per heavy atom. The van der Waals surface area contributed by atoms with E-state index in [1.807, 2.05) is 12.2 Å². The van der Waals surface area contributed by atoms with Gasteiger partial charge in [-0.15, -0.1) is 0 Å². The molecule has 0 aliphatic carbocycles. The molecule has 0 heterocycles. The van der Waals surface area contributed by atoms with Crippen LogP contribution < -0.4 is 0 Å². The van der Waals surface area contributed by atoms with E-state index in [9.17, 15) is 14.4 Å². The number of unbranched alkanes of at least 4 members (excludes halogenated alkanes) is 8. The molecule has 0 bridgehead atoms. The third-order valence-electron chi connectivity index (χ3n) is 8.98. The van der Waals surface area contributed by atoms with Crippen LogP contribution in [-0.4, -0.2) is 37.2 Å². The van der Waals surface area contributed by atoms with Crippen LogP contribution in [0.1, 0.15) is 175 Å². The number of hydrogen-bond acceptors (Lipinski definition) is 6. The lowest BCUT2D eigenvalue weighted by atomic mass is 10.1. The molecule has 0 fully saturated rings. The quantitative estimate of drug-likeness (QED) is 0.0266. The van der Waals surface area contributed by atoms with Gasteiger partial charge >= 0.3 is 17.9 Å². The lowest BCUT2D eigenvalue weighted by molar-refractivity contribution is -0.166. The number of ether oxygens (including phenoxy) is 3. The Labute approximate surface area is 361 Å². The van der Waals surface area contributed by atoms with Crippen LogP contribution in [0.2, 0.25) is 0 Å². The van der Waals surface area contributed by atoms with E-state index in [-0.39, 0.29) is 38.0 Å². The van der Waals surface area contributed by atoms with Crippen molar-refractivity contribution in [2.24, 2.45) is 0 Å². The molecular formula is C53H82O6. The fraction of sp³-hybridized carbons (Fsp3) is 0.566. The third-order valence-corrected chi connectivity index (χ3v) is 8.98. The molecule has 0 rings (SSSR count). The lowest BCUT2D eigenvalue weighted by Gasteiger charge is -2.18. The molecule has 0 aliphatic rings. The normalized spacial score (nSPS) is 13.2. The molecule has 0 saturated heterocycles. The molecule has 0 saturated carbocycles. The number of carbonyl (C=O) groups is 3. The molecule has 0 aromatic heterocycles. The van der Waals surface area contributed by atoms with Crippen LogP contribution in [0.5, 0.6) is 0 Å². The first kappa shape index (κ1) is 54.8. The largest absolute Gasteiger partial charge is 0.462 e. The van der Waals surface area contributed by atoms with Gasteiger partial charge in [0.05, 0.1) is 0 Å². The van der Waals surface area contributed by atoms with Crippen molar-refractivity contribution in [2.45, 2.75) is 181 Å². The van der Waals surface area contributed by atoms with Crippen LogP contribution in [0, 0.1) is 0 Å². The van der Waals surface area contributed by atoms with Crippen molar-refractivity contribution in [2.75, 3.05) is 13.2 Å². The van der Waals surface area contributed by atoms with Crippen molar-refractivity contribution < 1.29 is 28.6 Å². The van der Waals surface area contributed by atoms with Crippen molar-refractivity contribution >= 4 is 17.9 Å². The summed E-state index contributed by atoms with van der Waals surface area (Å²) in [5, 5.41) is 0. The zero-order valence-corrected chi connectivity index (χ0v) is 37.5. The van der Waals surface area contributed by atoms with Gasteiger partial charge in [0.2, 0.25) is 0 Å². The predicted octanol–water partition coefficient (Wildman–Crippen LogP) is 15.0. The van der Waals surface area contributed by atoms with E-state index in [4.69, 9.17) is 14.2 Å². The van der Waals surface area contributed by atoms with Crippen LogP contribution in [-0.2, 0) is 28.6 Å². The molecule has 1 unspecified atom stereocenters. The van der Waals surface area contributed by atoms with E-state index < -0.39 is 12.1 Å². The van der Waals surface area contributed by atoms with Crippen molar-refractivity contribution in [3.8, 4) is 0 Å². The van der Waals surface area contributed by atoms with Gasteiger partial charge in [-0.1, -0.05) is 181 Å². The summed E-state index contributed by atoms with van der Waals surface area (Å²) in [6, 6.07) is 0. The van der Waals surface area contributed by atoms with Crippen LogP contribution in [0.25, 0.3) is 0 Å². The maximum atomic E-state index is 12.7. The van der Waals surface area contributed by atoms with Crippen molar-refractivity contribution in [3.63, 3.8) is 0 Å². The average Bonchev–Trinajstić information content (AvgIpc) is 3.23. The molecule has 0 spiro atoms. The maximum absolute atomic E-state index is 12.7. The minimum atomic E-state index is -0.833. The zero-order chi connectivity index (χ0) is 43.0. The highest BCUT2D eigenvalue weighted by molar-refractivity contribution is 5.71. The lowest BCUT2D eigenvalue weighted by Crippen LogP contribution is -2.30. The number of hydrogen-bond donors (Lipinski definition) is 0. The van der Waals surface area contributed by atoms with Crippen molar-refractivity contribution in [1.29, 1.82) is 0 Å². The van der Waals surface area contributed by atoms with Crippen LogP contribution in [0.4, 0.5) is 0 Å². The topological polar surface area (TPSA) is 78.9 Å². The Kier molecular flexibility index (Phi) is 43.2. The summed E-state index contributed by atoms with van der Waals surface area (Å²) >= 11 is 0. The van der Waals surface area contributed by atoms with Crippen LogP contribution in [0.3, 0.4) is 0 Å². The van der Waals surface area contributed by atoms with Crippen LogP contribution in [0.15, 0.2) is 122 Å². The fourth-order valence-corrected chi connectivity index (χ4v) is 5.57. The summed E-state index contributed by atoms with van der Waals surface area (Å²) in [6.45, 7) is 6.22. The second-order valence-corrected chi connectivity index (χ2v) is 14.5. The van der Waals surface area contributed by atoms with Crippen LogP contribution >= 0.6 is 0 Å². The SMILES string of the molecule is CC/C=C\C/C=C\C/C=C\C/C=C\C/C=C\C/C=C\CCCCC(=O)OCC(COC(=O)CCCCCCCCC)OC(=O)CC/C=C\C/C=C\C/C=C\C/C=C\CC. The summed E-state index contributed by atoms with van der Waals surface area (Å²) in [7, 11) is 0. The number of esters is 3. The number of carbonyl (C=O) groups excluding carboxylic acids is 3. The first-order valence-corrected chi connectivity index (χ1v) is 23.0. The number of allylic oxidation sites excluding steroid dienone is 20. The molecule has 6 heteroatoms. The van der Waals surface area contributed by atoms with Gasteiger partial charge in [-0.25, -0.2) is 0 Å². The monoisotopic (exact) mass is 815 g/mol. The predicted molar refractivity (Wildman–Crippen MR) is 251 cm³/mol. The molecule has 6 nitrogen and oxygen atoms in total. The molecule has 0 N–H and O–H groups in total. The Hall–Kier alpha value is -4.19. The first-order valence-electron chi connectivity index (χ1n) is 23.0. The minimum Gasteiger partial charge on any atom is -0.462 e. The molecule has 59 heavy (non-hydrogen) atoms. The van der Waals surface area contributed by atoms with Crippen molar-refractivity contribution in [3.05, 3.63) is 122 Å². The highest BCUT2D eigenvalue weighted by Gasteiger charge is 2.19. The Balaban J connectivity index is 4.47. The van der Waals surface area contributed by atoms with Gasteiger partial charge in [-0.3, -0.25) is 14.4 Å². The summed E-state index contributed by atoms with van der Waals surface area (Å²) in [6.07, 6.45) is 63.6. The fourth-order valence-electron chi connectivity index (χ4n) is 5.57. The van der Waals surface area contributed by atoms with Gasteiger partial charge in [-0.05, 0) is 96.3 Å². The van der Waals surface area contributed by atoms with Gasteiger partial charge in [0, 0.05) is 19.3 Å². The minimum absolute atomic E-state index is 0.124.